The van der Waals surface area contributed by atoms with E-state index in [4.69, 9.17) is 9.47 Å². The molecule has 174 valence electrons. The van der Waals surface area contributed by atoms with Crippen LogP contribution in [0.3, 0.4) is 0 Å². The number of alkyl halides is 3. The summed E-state index contributed by atoms with van der Waals surface area (Å²) in [4.78, 5) is 25.3. The van der Waals surface area contributed by atoms with Gasteiger partial charge in [-0.05, 0) is 24.1 Å². The Bertz CT molecular complexity index is 992. The van der Waals surface area contributed by atoms with Crippen LogP contribution in [0.1, 0.15) is 24.0 Å². The van der Waals surface area contributed by atoms with Gasteiger partial charge in [-0.2, -0.15) is 18.3 Å². The zero-order valence-corrected chi connectivity index (χ0v) is 17.7. The van der Waals surface area contributed by atoms with E-state index in [9.17, 15) is 22.8 Å². The summed E-state index contributed by atoms with van der Waals surface area (Å²) >= 11 is 0. The first kappa shape index (κ1) is 23.6. The van der Waals surface area contributed by atoms with Gasteiger partial charge < -0.3 is 19.1 Å². The summed E-state index contributed by atoms with van der Waals surface area (Å²) in [5.74, 6) is 0.164. The third-order valence-corrected chi connectivity index (χ3v) is 5.24. The van der Waals surface area contributed by atoms with Crippen molar-refractivity contribution in [3.05, 3.63) is 51.9 Å². The second kappa shape index (κ2) is 10.0. The lowest BCUT2D eigenvalue weighted by atomic mass is 10.0. The normalized spacial score (nSPS) is 15.9. The summed E-state index contributed by atoms with van der Waals surface area (Å²) in [5, 5.41) is 3.99. The molecule has 1 saturated heterocycles. The van der Waals surface area contributed by atoms with Crippen LogP contribution in [-0.2, 0) is 27.0 Å². The summed E-state index contributed by atoms with van der Waals surface area (Å²) in [7, 11) is 2.76. The topological polar surface area (TPSA) is 82.9 Å². The molecule has 1 aromatic carbocycles. The van der Waals surface area contributed by atoms with Gasteiger partial charge in [0.15, 0.2) is 0 Å². The Kier molecular flexibility index (Phi) is 7.39. The van der Waals surface area contributed by atoms with Crippen LogP contribution in [0.5, 0.6) is 5.75 Å². The average molecular weight is 455 g/mol. The van der Waals surface area contributed by atoms with Crippen LogP contribution in [0.25, 0.3) is 0 Å². The number of ether oxygens (including phenoxy) is 3. The van der Waals surface area contributed by atoms with Crippen molar-refractivity contribution in [1.29, 1.82) is 0 Å². The number of hydrogen-bond acceptors (Lipinski definition) is 7. The number of esters is 1. The monoisotopic (exact) mass is 455 g/mol. The Balaban J connectivity index is 1.78. The first-order valence-electron chi connectivity index (χ1n) is 9.96. The van der Waals surface area contributed by atoms with Crippen molar-refractivity contribution in [2.45, 2.75) is 31.6 Å². The third-order valence-electron chi connectivity index (χ3n) is 5.24. The van der Waals surface area contributed by atoms with Crippen LogP contribution < -0.4 is 15.2 Å². The number of anilines is 1. The fourth-order valence-corrected chi connectivity index (χ4v) is 3.39. The first-order valence-corrected chi connectivity index (χ1v) is 9.96. The minimum atomic E-state index is -4.84. The van der Waals surface area contributed by atoms with Gasteiger partial charge in [0.1, 0.15) is 11.3 Å². The van der Waals surface area contributed by atoms with Crippen LogP contribution in [0.2, 0.25) is 0 Å². The molecule has 11 heteroatoms. The van der Waals surface area contributed by atoms with E-state index in [-0.39, 0.29) is 37.9 Å². The summed E-state index contributed by atoms with van der Waals surface area (Å²) in [6.45, 7) is 0.470. The van der Waals surface area contributed by atoms with E-state index >= 15 is 0 Å². The number of carbonyl (C=O) groups is 1. The predicted molar refractivity (Wildman–Crippen MR) is 109 cm³/mol. The molecule has 8 nitrogen and oxygen atoms in total. The molecule has 0 spiro atoms. The van der Waals surface area contributed by atoms with Crippen molar-refractivity contribution in [2.75, 3.05) is 38.9 Å². The van der Waals surface area contributed by atoms with E-state index in [1.165, 1.54) is 19.1 Å². The van der Waals surface area contributed by atoms with E-state index in [1.54, 1.807) is 24.3 Å². The van der Waals surface area contributed by atoms with E-state index < -0.39 is 23.3 Å². The molecule has 1 aromatic heterocycles. The molecule has 0 radical (unpaired) electrons. The Morgan fingerprint density at radius 1 is 1.22 bits per heavy atom. The van der Waals surface area contributed by atoms with Crippen LogP contribution in [0.15, 0.2) is 35.3 Å². The summed E-state index contributed by atoms with van der Waals surface area (Å²) in [6.07, 6.45) is -3.11. The molecule has 0 N–H and O–H groups in total. The molecular formula is C21H24F3N3O5. The van der Waals surface area contributed by atoms with Crippen molar-refractivity contribution in [2.24, 2.45) is 0 Å². The molecular weight excluding hydrogens is 431 g/mol. The molecule has 1 fully saturated rings. The standard InChI is InChI=1S/C21H24F3N3O5/c1-30-16-5-3-14(4-6-16)12-27-20(29)19(21(22,23)24)17(11-25-27)26-9-7-15(26)13-32-10-8-18(28)31-2/h3-6,11,15H,7-10,12-13H2,1-2H3/t15-/m0/s1. The quantitative estimate of drug-likeness (QED) is 0.424. The third kappa shape index (κ3) is 5.39. The number of nitrogens with zero attached hydrogens (tertiary/aromatic N) is 3. The fourth-order valence-electron chi connectivity index (χ4n) is 3.39. The molecule has 0 bridgehead atoms. The zero-order valence-electron chi connectivity index (χ0n) is 17.7. The minimum absolute atomic E-state index is 0.0555. The fraction of sp³-hybridized carbons (Fsp3) is 0.476. The van der Waals surface area contributed by atoms with Gasteiger partial charge in [-0.3, -0.25) is 9.59 Å². The molecule has 2 heterocycles. The SMILES string of the molecule is COC(=O)CCOC[C@@H]1CCN1c1cnn(Cc2ccc(OC)cc2)c(=O)c1C(F)(F)F. The van der Waals surface area contributed by atoms with Crippen LogP contribution in [0.4, 0.5) is 18.9 Å². The van der Waals surface area contributed by atoms with Crippen molar-refractivity contribution in [3.63, 3.8) is 0 Å². The number of methoxy groups -OCH3 is 2. The van der Waals surface area contributed by atoms with Crippen LogP contribution >= 0.6 is 0 Å². The van der Waals surface area contributed by atoms with Gasteiger partial charge in [0.25, 0.3) is 5.56 Å². The molecule has 0 aliphatic carbocycles. The molecule has 32 heavy (non-hydrogen) atoms. The van der Waals surface area contributed by atoms with Crippen LogP contribution in [-0.4, -0.2) is 55.8 Å². The van der Waals surface area contributed by atoms with E-state index in [2.05, 4.69) is 9.84 Å². The maximum Gasteiger partial charge on any atom is 0.423 e. The van der Waals surface area contributed by atoms with Gasteiger partial charge in [0.2, 0.25) is 0 Å². The van der Waals surface area contributed by atoms with Gasteiger partial charge in [0, 0.05) is 6.54 Å². The van der Waals surface area contributed by atoms with Crippen molar-refractivity contribution in [3.8, 4) is 5.75 Å². The molecule has 1 atom stereocenters. The van der Waals surface area contributed by atoms with Gasteiger partial charge in [0.05, 0.1) is 58.3 Å². The highest BCUT2D eigenvalue weighted by molar-refractivity contribution is 5.69. The van der Waals surface area contributed by atoms with Crippen molar-refractivity contribution < 1.29 is 32.2 Å². The lowest BCUT2D eigenvalue weighted by Crippen LogP contribution is -2.52. The number of rotatable bonds is 9. The number of halogens is 3. The summed E-state index contributed by atoms with van der Waals surface area (Å²) in [6, 6.07) is 6.29. The summed E-state index contributed by atoms with van der Waals surface area (Å²) < 4.78 is 57.3. The Morgan fingerprint density at radius 3 is 2.50 bits per heavy atom. The van der Waals surface area contributed by atoms with E-state index in [0.717, 1.165) is 10.9 Å². The Labute approximate surface area is 182 Å². The molecule has 1 aliphatic rings. The second-order valence-corrected chi connectivity index (χ2v) is 7.25. The van der Waals surface area contributed by atoms with Gasteiger partial charge >= 0.3 is 12.1 Å². The van der Waals surface area contributed by atoms with E-state index in [0.29, 0.717) is 24.3 Å². The lowest BCUT2D eigenvalue weighted by molar-refractivity contribution is -0.142. The minimum Gasteiger partial charge on any atom is -0.497 e. The summed E-state index contributed by atoms with van der Waals surface area (Å²) in [5.41, 5.74) is -2.10. The van der Waals surface area contributed by atoms with Gasteiger partial charge in [-0.15, -0.1) is 0 Å². The van der Waals surface area contributed by atoms with Gasteiger partial charge in [-0.25, -0.2) is 4.68 Å². The van der Waals surface area contributed by atoms with Gasteiger partial charge in [-0.1, -0.05) is 12.1 Å². The average Bonchev–Trinajstić information content (AvgIpc) is 2.74. The first-order chi connectivity index (χ1) is 15.2. The zero-order chi connectivity index (χ0) is 23.3. The molecule has 0 saturated carbocycles. The number of benzene rings is 1. The van der Waals surface area contributed by atoms with E-state index in [1.807, 2.05) is 0 Å². The lowest BCUT2D eigenvalue weighted by Gasteiger charge is -2.43. The predicted octanol–water partition coefficient (Wildman–Crippen LogP) is 2.48. The molecule has 2 aromatic rings. The Morgan fingerprint density at radius 2 is 1.94 bits per heavy atom. The molecule has 0 amide bonds. The maximum atomic E-state index is 13.8. The largest absolute Gasteiger partial charge is 0.497 e. The number of carbonyl (C=O) groups excluding carboxylic acids is 1. The molecule has 0 unspecified atom stereocenters. The Hall–Kier alpha value is -3.08. The number of aromatic nitrogens is 2. The maximum absolute atomic E-state index is 13.8. The molecule has 3 rings (SSSR count). The highest BCUT2D eigenvalue weighted by atomic mass is 19.4. The number of hydrogen-bond donors (Lipinski definition) is 0. The smallest absolute Gasteiger partial charge is 0.423 e. The van der Waals surface area contributed by atoms with Crippen molar-refractivity contribution in [1.82, 2.24) is 9.78 Å². The second-order valence-electron chi connectivity index (χ2n) is 7.25. The molecule has 1 aliphatic heterocycles. The highest BCUT2D eigenvalue weighted by Gasteiger charge is 2.42. The van der Waals surface area contributed by atoms with Crippen LogP contribution in [0, 0.1) is 0 Å². The highest BCUT2D eigenvalue weighted by Crippen LogP contribution is 2.37. The van der Waals surface area contributed by atoms with Crippen molar-refractivity contribution >= 4 is 11.7 Å².